The summed E-state index contributed by atoms with van der Waals surface area (Å²) in [6, 6.07) is 5.11. The molecule has 2 aliphatic rings. The summed E-state index contributed by atoms with van der Waals surface area (Å²) in [4.78, 5) is 19.3. The highest BCUT2D eigenvalue weighted by Gasteiger charge is 2.25. The van der Waals surface area contributed by atoms with Crippen molar-refractivity contribution in [2.45, 2.75) is 13.3 Å². The van der Waals surface area contributed by atoms with Crippen molar-refractivity contribution in [1.29, 1.82) is 0 Å². The largest absolute Gasteiger partial charge is 0.330 e. The number of halogens is 1. The Balaban J connectivity index is 1.43. The Morgan fingerprint density at radius 1 is 1.34 bits per heavy atom. The Morgan fingerprint density at radius 3 is 2.97 bits per heavy atom. The van der Waals surface area contributed by atoms with Crippen molar-refractivity contribution in [1.82, 2.24) is 9.88 Å². The van der Waals surface area contributed by atoms with E-state index in [1.807, 2.05) is 6.07 Å². The SMILES string of the molecule is Cc1ccc(Cc2cnc(NC(=O)C3=CN4CCS(=O)(=O)N=C4C=C3)s2)cc1F. The van der Waals surface area contributed by atoms with Crippen molar-refractivity contribution in [2.24, 2.45) is 4.40 Å². The van der Waals surface area contributed by atoms with Crippen LogP contribution in [0.15, 0.2) is 52.7 Å². The van der Waals surface area contributed by atoms with Crippen LogP contribution in [0.4, 0.5) is 9.52 Å². The lowest BCUT2D eigenvalue weighted by Crippen LogP contribution is -2.37. The molecule has 1 aromatic heterocycles. The molecule has 1 aromatic carbocycles. The zero-order chi connectivity index (χ0) is 20.6. The number of nitrogens with one attached hydrogen (secondary N) is 1. The van der Waals surface area contributed by atoms with Crippen LogP contribution in [-0.2, 0) is 21.2 Å². The second-order valence-electron chi connectivity index (χ2n) is 6.69. The van der Waals surface area contributed by atoms with Crippen molar-refractivity contribution in [2.75, 3.05) is 17.6 Å². The van der Waals surface area contributed by atoms with E-state index in [-0.39, 0.29) is 24.0 Å². The van der Waals surface area contributed by atoms with Gasteiger partial charge in [0.1, 0.15) is 11.7 Å². The number of amidine groups is 1. The predicted octanol–water partition coefficient (Wildman–Crippen LogP) is 2.62. The van der Waals surface area contributed by atoms with E-state index >= 15 is 0 Å². The van der Waals surface area contributed by atoms with Gasteiger partial charge in [0.25, 0.3) is 15.9 Å². The average Bonchev–Trinajstić information content (AvgIpc) is 3.10. The van der Waals surface area contributed by atoms with E-state index in [0.29, 0.717) is 28.5 Å². The Hall–Kier alpha value is -2.85. The summed E-state index contributed by atoms with van der Waals surface area (Å²) < 4.78 is 40.5. The van der Waals surface area contributed by atoms with E-state index in [1.54, 1.807) is 30.3 Å². The molecule has 0 radical (unpaired) electrons. The molecule has 4 rings (SSSR count). The topological polar surface area (TPSA) is 91.7 Å². The average molecular weight is 433 g/mol. The molecule has 1 N–H and O–H groups in total. The van der Waals surface area contributed by atoms with Crippen LogP contribution in [-0.4, -0.2) is 42.3 Å². The van der Waals surface area contributed by atoms with Gasteiger partial charge in [-0.15, -0.1) is 15.7 Å². The van der Waals surface area contributed by atoms with E-state index in [4.69, 9.17) is 0 Å². The van der Waals surface area contributed by atoms with Gasteiger partial charge in [0, 0.05) is 30.2 Å². The number of aromatic nitrogens is 1. The maximum Gasteiger partial charge on any atom is 0.258 e. The van der Waals surface area contributed by atoms with E-state index in [1.165, 1.54) is 29.6 Å². The fourth-order valence-corrected chi connectivity index (χ4v) is 4.71. The second kappa shape index (κ2) is 7.53. The number of hydrogen-bond donors (Lipinski definition) is 1. The third-order valence-corrected chi connectivity index (χ3v) is 6.55. The molecular weight excluding hydrogens is 415 g/mol. The summed E-state index contributed by atoms with van der Waals surface area (Å²) in [7, 11) is -3.43. The molecule has 0 bridgehead atoms. The lowest BCUT2D eigenvalue weighted by molar-refractivity contribution is -0.112. The molecule has 10 heteroatoms. The molecule has 2 aliphatic heterocycles. The molecule has 0 atom stereocenters. The van der Waals surface area contributed by atoms with Crippen LogP contribution in [0.25, 0.3) is 0 Å². The molecule has 0 unspecified atom stereocenters. The van der Waals surface area contributed by atoms with Gasteiger partial charge in [0.05, 0.1) is 11.3 Å². The minimum Gasteiger partial charge on any atom is -0.330 e. The van der Waals surface area contributed by atoms with Crippen LogP contribution in [0.5, 0.6) is 0 Å². The maximum absolute atomic E-state index is 13.7. The van der Waals surface area contributed by atoms with Crippen molar-refractivity contribution in [3.63, 3.8) is 0 Å². The standard InChI is InChI=1S/C19H17FN4O3S2/c1-12-2-3-13(9-16(12)20)8-15-10-21-19(28-15)22-18(25)14-4-5-17-23-29(26,27)7-6-24(17)11-14/h2-5,9-11H,6-8H2,1H3,(H,21,22,25). The number of carbonyl (C=O) groups excluding carboxylic acids is 1. The van der Waals surface area contributed by atoms with Crippen LogP contribution in [0.1, 0.15) is 16.0 Å². The van der Waals surface area contributed by atoms with Gasteiger partial charge in [0.2, 0.25) is 0 Å². The summed E-state index contributed by atoms with van der Waals surface area (Å²) in [5.41, 5.74) is 1.80. The van der Waals surface area contributed by atoms with Gasteiger partial charge in [-0.1, -0.05) is 12.1 Å². The van der Waals surface area contributed by atoms with Crippen LogP contribution in [0, 0.1) is 12.7 Å². The number of carbonyl (C=O) groups is 1. The predicted molar refractivity (Wildman–Crippen MR) is 110 cm³/mol. The summed E-state index contributed by atoms with van der Waals surface area (Å²) >= 11 is 1.32. The molecule has 0 aliphatic carbocycles. The van der Waals surface area contributed by atoms with Gasteiger partial charge >= 0.3 is 0 Å². The van der Waals surface area contributed by atoms with E-state index < -0.39 is 10.0 Å². The molecule has 1 amide bonds. The number of benzene rings is 1. The number of rotatable bonds is 4. The molecule has 0 spiro atoms. The number of fused-ring (bicyclic) bond motifs is 1. The normalized spacial score (nSPS) is 17.4. The summed E-state index contributed by atoms with van der Waals surface area (Å²) in [5.74, 6) is -0.388. The van der Waals surface area contributed by atoms with Gasteiger partial charge in [-0.3, -0.25) is 10.1 Å². The van der Waals surface area contributed by atoms with Crippen molar-refractivity contribution < 1.29 is 17.6 Å². The highest BCUT2D eigenvalue weighted by atomic mass is 32.2. The molecule has 0 fully saturated rings. The lowest BCUT2D eigenvalue weighted by Gasteiger charge is -2.26. The molecule has 3 heterocycles. The van der Waals surface area contributed by atoms with Gasteiger partial charge in [-0.2, -0.15) is 0 Å². The minimum atomic E-state index is -3.43. The summed E-state index contributed by atoms with van der Waals surface area (Å²) in [6.07, 6.45) is 6.78. The Kier molecular flexibility index (Phi) is 5.05. The molecule has 7 nitrogen and oxygen atoms in total. The van der Waals surface area contributed by atoms with Gasteiger partial charge in [0.15, 0.2) is 5.13 Å². The van der Waals surface area contributed by atoms with Crippen molar-refractivity contribution in [3.8, 4) is 0 Å². The Labute approximate surface area is 171 Å². The van der Waals surface area contributed by atoms with E-state index in [9.17, 15) is 17.6 Å². The molecule has 150 valence electrons. The van der Waals surface area contributed by atoms with Crippen LogP contribution >= 0.6 is 11.3 Å². The lowest BCUT2D eigenvalue weighted by atomic mass is 10.1. The fourth-order valence-electron chi connectivity index (χ4n) is 2.90. The summed E-state index contributed by atoms with van der Waals surface area (Å²) in [6.45, 7) is 1.96. The third kappa shape index (κ3) is 4.43. The number of anilines is 1. The first kappa shape index (κ1) is 19.5. The van der Waals surface area contributed by atoms with Crippen molar-refractivity contribution in [3.05, 3.63) is 70.1 Å². The maximum atomic E-state index is 13.7. The highest BCUT2D eigenvalue weighted by molar-refractivity contribution is 7.90. The first-order valence-corrected chi connectivity index (χ1v) is 11.2. The van der Waals surface area contributed by atoms with Gasteiger partial charge in [-0.05, 0) is 36.3 Å². The number of aryl methyl sites for hydroxylation is 1. The first-order valence-electron chi connectivity index (χ1n) is 8.79. The number of amides is 1. The summed E-state index contributed by atoms with van der Waals surface area (Å²) in [5, 5.41) is 3.18. The minimum absolute atomic E-state index is 0.0921. The Morgan fingerprint density at radius 2 is 2.17 bits per heavy atom. The van der Waals surface area contributed by atoms with Crippen LogP contribution in [0.2, 0.25) is 0 Å². The number of thiazole rings is 1. The fraction of sp³-hybridized carbons (Fsp3) is 0.211. The van der Waals surface area contributed by atoms with Crippen LogP contribution < -0.4 is 5.32 Å². The molecule has 29 heavy (non-hydrogen) atoms. The quantitative estimate of drug-likeness (QED) is 0.802. The number of nitrogens with zero attached hydrogens (tertiary/aromatic N) is 3. The monoisotopic (exact) mass is 432 g/mol. The van der Waals surface area contributed by atoms with Crippen LogP contribution in [0.3, 0.4) is 0 Å². The van der Waals surface area contributed by atoms with Crippen molar-refractivity contribution >= 4 is 38.2 Å². The number of hydrogen-bond acceptors (Lipinski definition) is 6. The van der Waals surface area contributed by atoms with E-state index in [0.717, 1.165) is 10.4 Å². The molecule has 0 saturated carbocycles. The van der Waals surface area contributed by atoms with Gasteiger partial charge in [-0.25, -0.2) is 17.8 Å². The third-order valence-electron chi connectivity index (χ3n) is 4.47. The first-order chi connectivity index (χ1) is 13.8. The Bertz CT molecular complexity index is 1180. The molecule has 0 saturated heterocycles. The zero-order valence-corrected chi connectivity index (χ0v) is 17.1. The zero-order valence-electron chi connectivity index (χ0n) is 15.4. The van der Waals surface area contributed by atoms with Gasteiger partial charge < -0.3 is 4.90 Å². The highest BCUT2D eigenvalue weighted by Crippen LogP contribution is 2.23. The number of sulfonamides is 1. The smallest absolute Gasteiger partial charge is 0.258 e. The van der Waals surface area contributed by atoms with E-state index in [2.05, 4.69) is 14.7 Å². The molecule has 2 aromatic rings. The second-order valence-corrected chi connectivity index (χ2v) is 9.56. The molecular formula is C19H17FN4O3S2.